The van der Waals surface area contributed by atoms with Crippen molar-refractivity contribution in [2.45, 2.75) is 44.0 Å². The van der Waals surface area contributed by atoms with E-state index in [1.54, 1.807) is 32.9 Å². The Labute approximate surface area is 176 Å². The van der Waals surface area contributed by atoms with Gasteiger partial charge < -0.3 is 21.6 Å². The number of allylic oxidation sites excluding steroid dienone is 1. The molecule has 0 atom stereocenters. The summed E-state index contributed by atoms with van der Waals surface area (Å²) in [7, 11) is -3.72. The van der Waals surface area contributed by atoms with Gasteiger partial charge in [-0.1, -0.05) is 12.1 Å². The highest BCUT2D eigenvalue weighted by Gasteiger charge is 2.25. The molecule has 0 amide bonds. The van der Waals surface area contributed by atoms with E-state index in [-0.39, 0.29) is 34.0 Å². The van der Waals surface area contributed by atoms with E-state index in [0.29, 0.717) is 11.3 Å². The first-order valence-corrected chi connectivity index (χ1v) is 11.0. The number of hydrogen-bond acceptors (Lipinski definition) is 8. The monoisotopic (exact) mass is 430 g/mol. The predicted octanol–water partition coefficient (Wildman–Crippen LogP) is 2.57. The minimum absolute atomic E-state index is 0.0680. The zero-order chi connectivity index (χ0) is 22.1. The van der Waals surface area contributed by atoms with Crippen LogP contribution in [-0.4, -0.2) is 34.7 Å². The molecule has 10 heteroatoms. The van der Waals surface area contributed by atoms with E-state index in [4.69, 9.17) is 11.1 Å². The number of hydrogen-bond donors (Lipinski definition) is 5. The van der Waals surface area contributed by atoms with Crippen LogP contribution in [0.5, 0.6) is 5.75 Å². The number of nitrogens with one attached hydrogen (secondary N) is 3. The maximum atomic E-state index is 12.6. The van der Waals surface area contributed by atoms with Crippen molar-refractivity contribution in [2.24, 2.45) is 11.7 Å². The summed E-state index contributed by atoms with van der Waals surface area (Å²) in [4.78, 5) is 8.45. The van der Waals surface area contributed by atoms with E-state index >= 15 is 0 Å². The quantitative estimate of drug-likeness (QED) is 0.423. The smallest absolute Gasteiger partial charge is 0.241 e. The van der Waals surface area contributed by atoms with Crippen molar-refractivity contribution >= 4 is 21.6 Å². The van der Waals surface area contributed by atoms with Crippen LogP contribution in [0, 0.1) is 11.3 Å². The Morgan fingerprint density at radius 1 is 1.33 bits per heavy atom. The van der Waals surface area contributed by atoms with E-state index in [1.807, 2.05) is 0 Å². The second-order valence-corrected chi connectivity index (χ2v) is 9.95. The van der Waals surface area contributed by atoms with E-state index < -0.39 is 15.6 Å². The number of aromatic nitrogens is 2. The van der Waals surface area contributed by atoms with Gasteiger partial charge in [-0.3, -0.25) is 0 Å². The molecule has 0 radical (unpaired) electrons. The van der Waals surface area contributed by atoms with E-state index in [1.165, 1.54) is 24.4 Å². The summed E-state index contributed by atoms with van der Waals surface area (Å²) in [5, 5.41) is 20.8. The summed E-state index contributed by atoms with van der Waals surface area (Å²) in [6, 6.07) is 6.23. The second kappa shape index (κ2) is 8.04. The standard InChI is InChI=1S/C20H26N6O3S/c1-20(2,3)26-30(28,29)14-6-4-5-13(9-14)18-23-11-16(27)19(25-18)24-17(22)10-15(21)12-7-8-12/h4-6,9-12,21,26-27H,7-8,22H2,1-3H3,(H,23,24,25)/b17-10+,21-15?. The number of nitrogens with two attached hydrogens (primary N) is 1. The maximum absolute atomic E-state index is 12.6. The number of benzene rings is 1. The summed E-state index contributed by atoms with van der Waals surface area (Å²) in [6.45, 7) is 5.28. The number of sulfonamides is 1. The highest BCUT2D eigenvalue weighted by atomic mass is 32.2. The van der Waals surface area contributed by atoms with Gasteiger partial charge in [-0.05, 0) is 51.8 Å². The first kappa shape index (κ1) is 21.7. The Kier molecular flexibility index (Phi) is 5.82. The van der Waals surface area contributed by atoms with Crippen LogP contribution >= 0.6 is 0 Å². The molecule has 0 saturated heterocycles. The molecule has 6 N–H and O–H groups in total. The van der Waals surface area contributed by atoms with E-state index in [2.05, 4.69) is 20.0 Å². The van der Waals surface area contributed by atoms with Gasteiger partial charge in [0.25, 0.3) is 0 Å². The third-order valence-corrected chi connectivity index (χ3v) is 5.96. The molecule has 0 spiro atoms. The minimum Gasteiger partial charge on any atom is -0.503 e. The summed E-state index contributed by atoms with van der Waals surface area (Å²) in [6.07, 6.45) is 4.67. The average Bonchev–Trinajstić information content (AvgIpc) is 3.47. The van der Waals surface area contributed by atoms with Gasteiger partial charge in [-0.15, -0.1) is 0 Å². The van der Waals surface area contributed by atoms with Crippen LogP contribution < -0.4 is 15.8 Å². The SMILES string of the molecule is CC(C)(C)NS(=O)(=O)c1cccc(-c2ncc(O)c(N/C(N)=C/C(=N)C3CC3)n2)c1. The van der Waals surface area contributed by atoms with Crippen LogP contribution in [0.15, 0.2) is 47.3 Å². The molecule has 1 aliphatic rings. The topological polar surface area (TPSA) is 154 Å². The van der Waals surface area contributed by atoms with Crippen molar-refractivity contribution in [3.63, 3.8) is 0 Å². The fourth-order valence-corrected chi connectivity index (χ4v) is 4.19. The van der Waals surface area contributed by atoms with Crippen molar-refractivity contribution in [2.75, 3.05) is 5.32 Å². The zero-order valence-electron chi connectivity index (χ0n) is 17.1. The van der Waals surface area contributed by atoms with Crippen molar-refractivity contribution in [3.8, 4) is 17.1 Å². The maximum Gasteiger partial charge on any atom is 0.241 e. The molecule has 0 aliphatic heterocycles. The van der Waals surface area contributed by atoms with Gasteiger partial charge in [0.1, 0.15) is 5.82 Å². The first-order chi connectivity index (χ1) is 13.9. The van der Waals surface area contributed by atoms with Gasteiger partial charge in [0.15, 0.2) is 17.4 Å². The normalized spacial score (nSPS) is 15.1. The first-order valence-electron chi connectivity index (χ1n) is 9.48. The summed E-state index contributed by atoms with van der Waals surface area (Å²) >= 11 is 0. The lowest BCUT2D eigenvalue weighted by molar-refractivity contribution is 0.472. The Morgan fingerprint density at radius 3 is 2.67 bits per heavy atom. The fourth-order valence-electron chi connectivity index (χ4n) is 2.72. The molecule has 1 aromatic heterocycles. The molecular formula is C20H26N6O3S. The molecular weight excluding hydrogens is 404 g/mol. The minimum atomic E-state index is -3.72. The van der Waals surface area contributed by atoms with Crippen molar-refractivity contribution in [1.29, 1.82) is 5.41 Å². The molecule has 0 bridgehead atoms. The molecule has 9 nitrogen and oxygen atoms in total. The fraction of sp³-hybridized carbons (Fsp3) is 0.350. The van der Waals surface area contributed by atoms with E-state index in [9.17, 15) is 13.5 Å². The number of nitrogens with zero attached hydrogens (tertiary/aromatic N) is 2. The third-order valence-electron chi connectivity index (χ3n) is 4.20. The second-order valence-electron chi connectivity index (χ2n) is 8.27. The number of anilines is 1. The van der Waals surface area contributed by atoms with E-state index in [0.717, 1.165) is 12.8 Å². The lowest BCUT2D eigenvalue weighted by Gasteiger charge is -2.20. The van der Waals surface area contributed by atoms with Gasteiger partial charge >= 0.3 is 0 Å². The summed E-state index contributed by atoms with van der Waals surface area (Å²) in [5.74, 6) is 0.488. The molecule has 160 valence electrons. The Balaban J connectivity index is 1.88. The van der Waals surface area contributed by atoms with Gasteiger partial charge in [0, 0.05) is 22.7 Å². The molecule has 1 saturated carbocycles. The highest BCUT2D eigenvalue weighted by Crippen LogP contribution is 2.31. The molecule has 1 heterocycles. The van der Waals surface area contributed by atoms with Crippen LogP contribution in [0.1, 0.15) is 33.6 Å². The molecule has 1 aromatic carbocycles. The highest BCUT2D eigenvalue weighted by molar-refractivity contribution is 7.89. The number of rotatable bonds is 7. The Bertz CT molecular complexity index is 1100. The molecule has 30 heavy (non-hydrogen) atoms. The zero-order valence-corrected chi connectivity index (χ0v) is 17.9. The summed E-state index contributed by atoms with van der Waals surface area (Å²) < 4.78 is 27.8. The largest absolute Gasteiger partial charge is 0.503 e. The Morgan fingerprint density at radius 2 is 2.03 bits per heavy atom. The van der Waals surface area contributed by atoms with Crippen LogP contribution in [0.3, 0.4) is 0 Å². The van der Waals surface area contributed by atoms with Crippen molar-refractivity contribution < 1.29 is 13.5 Å². The van der Waals surface area contributed by atoms with Crippen LogP contribution in [0.4, 0.5) is 5.82 Å². The van der Waals surface area contributed by atoms with Gasteiger partial charge in [0.2, 0.25) is 10.0 Å². The van der Waals surface area contributed by atoms with Gasteiger partial charge in [0.05, 0.1) is 11.1 Å². The third kappa shape index (κ3) is 5.55. The van der Waals surface area contributed by atoms with Crippen molar-refractivity contribution in [3.05, 3.63) is 42.4 Å². The molecule has 3 rings (SSSR count). The predicted molar refractivity (Wildman–Crippen MR) is 116 cm³/mol. The van der Waals surface area contributed by atoms with Crippen LogP contribution in [0.25, 0.3) is 11.4 Å². The van der Waals surface area contributed by atoms with Gasteiger partial charge in [-0.2, -0.15) is 0 Å². The number of aromatic hydroxyl groups is 1. The lowest BCUT2D eigenvalue weighted by Crippen LogP contribution is -2.40. The van der Waals surface area contributed by atoms with Crippen LogP contribution in [-0.2, 0) is 10.0 Å². The Hall–Kier alpha value is -2.98. The van der Waals surface area contributed by atoms with Gasteiger partial charge in [-0.25, -0.2) is 23.1 Å². The molecule has 2 aromatic rings. The molecule has 1 aliphatic carbocycles. The lowest BCUT2D eigenvalue weighted by atomic mass is 10.1. The molecule has 0 unspecified atom stereocenters. The summed E-state index contributed by atoms with van der Waals surface area (Å²) in [5.41, 5.74) is 6.18. The average molecular weight is 431 g/mol. The van der Waals surface area contributed by atoms with Crippen LogP contribution in [0.2, 0.25) is 0 Å². The van der Waals surface area contributed by atoms with Crippen molar-refractivity contribution in [1.82, 2.24) is 14.7 Å². The molecule has 1 fully saturated rings.